The summed E-state index contributed by atoms with van der Waals surface area (Å²) in [7, 11) is 0. The van der Waals surface area contributed by atoms with E-state index >= 15 is 0 Å². The molecule has 1 aliphatic rings. The number of imide groups is 1. The third-order valence-electron chi connectivity index (χ3n) is 5.40. The van der Waals surface area contributed by atoms with Gasteiger partial charge in [0.2, 0.25) is 5.91 Å². The van der Waals surface area contributed by atoms with Crippen LogP contribution in [-0.2, 0) is 30.2 Å². The number of aromatic carboxylic acids is 1. The van der Waals surface area contributed by atoms with Crippen LogP contribution in [0.2, 0.25) is 0 Å². The Hall–Kier alpha value is -3.94. The van der Waals surface area contributed by atoms with Crippen LogP contribution in [0.4, 0.5) is 36.4 Å². The van der Waals surface area contributed by atoms with Crippen LogP contribution in [0.15, 0.2) is 41.8 Å². The average molecular weight is 547 g/mol. The number of thiophene rings is 1. The van der Waals surface area contributed by atoms with Gasteiger partial charge in [0.15, 0.2) is 0 Å². The molecule has 2 aromatic carbocycles. The van der Waals surface area contributed by atoms with Gasteiger partial charge >= 0.3 is 18.3 Å². The first kappa shape index (κ1) is 26.1. The van der Waals surface area contributed by atoms with Gasteiger partial charge in [-0.3, -0.25) is 9.59 Å². The summed E-state index contributed by atoms with van der Waals surface area (Å²) in [5, 5.41) is 10.6. The second-order valence-electron chi connectivity index (χ2n) is 7.71. The van der Waals surface area contributed by atoms with Crippen molar-refractivity contribution in [1.29, 1.82) is 0 Å². The minimum Gasteiger partial charge on any atom is -0.489 e. The van der Waals surface area contributed by atoms with E-state index in [1.807, 2.05) is 0 Å². The molecule has 0 bridgehead atoms. The Morgan fingerprint density at radius 3 is 2.22 bits per heavy atom. The first-order chi connectivity index (χ1) is 17.2. The van der Waals surface area contributed by atoms with Gasteiger partial charge in [-0.25, -0.2) is 14.1 Å². The Morgan fingerprint density at radius 2 is 1.65 bits per heavy atom. The molecule has 0 atom stereocenters. The van der Waals surface area contributed by atoms with Crippen molar-refractivity contribution in [2.45, 2.75) is 25.4 Å². The smallest absolute Gasteiger partial charge is 0.416 e. The second kappa shape index (κ2) is 9.18. The van der Waals surface area contributed by atoms with Crippen molar-refractivity contribution in [3.63, 3.8) is 0 Å². The molecule has 0 fully saturated rings. The number of carboxylic acid groups (broad SMARTS) is 1. The molecule has 0 saturated heterocycles. The van der Waals surface area contributed by atoms with E-state index in [1.165, 1.54) is 5.38 Å². The van der Waals surface area contributed by atoms with Crippen LogP contribution in [0.3, 0.4) is 0 Å². The van der Waals surface area contributed by atoms with Crippen molar-refractivity contribution in [3.05, 3.63) is 80.3 Å². The van der Waals surface area contributed by atoms with Crippen molar-refractivity contribution < 1.29 is 55.0 Å². The summed E-state index contributed by atoms with van der Waals surface area (Å²) < 4.78 is 100. The number of amides is 2. The van der Waals surface area contributed by atoms with Gasteiger partial charge in [-0.05, 0) is 35.2 Å². The summed E-state index contributed by atoms with van der Waals surface area (Å²) in [6.07, 6.45) is -10.7. The number of carboxylic acids is 1. The molecule has 194 valence electrons. The first-order valence-corrected chi connectivity index (χ1v) is 11.0. The minimum absolute atomic E-state index is 0.130. The van der Waals surface area contributed by atoms with E-state index in [9.17, 15) is 50.2 Å². The van der Waals surface area contributed by atoms with E-state index in [0.29, 0.717) is 40.5 Å². The third-order valence-corrected chi connectivity index (χ3v) is 6.41. The lowest BCUT2D eigenvalue weighted by atomic mass is 10.00. The van der Waals surface area contributed by atoms with Crippen molar-refractivity contribution in [1.82, 2.24) is 0 Å². The Kier molecular flexibility index (Phi) is 6.48. The lowest BCUT2D eigenvalue weighted by Gasteiger charge is -2.26. The number of anilines is 1. The Balaban J connectivity index is 1.70. The minimum atomic E-state index is -5.14. The van der Waals surface area contributed by atoms with E-state index in [1.54, 1.807) is 0 Å². The van der Waals surface area contributed by atoms with E-state index in [0.717, 1.165) is 12.1 Å². The van der Waals surface area contributed by atoms with Crippen LogP contribution in [-0.4, -0.2) is 22.9 Å². The quantitative estimate of drug-likeness (QED) is 0.316. The number of alkyl halides is 6. The van der Waals surface area contributed by atoms with Crippen molar-refractivity contribution in [2.75, 3.05) is 4.90 Å². The highest BCUT2D eigenvalue weighted by molar-refractivity contribution is 7.12. The lowest BCUT2D eigenvalue weighted by molar-refractivity contribution is -0.145. The van der Waals surface area contributed by atoms with E-state index in [4.69, 9.17) is 4.74 Å². The number of fused-ring (bicyclic) bond motifs is 1. The molecule has 1 aliphatic heterocycles. The van der Waals surface area contributed by atoms with Crippen LogP contribution in [0.25, 0.3) is 0 Å². The Morgan fingerprint density at radius 1 is 1.03 bits per heavy atom. The molecule has 0 saturated carbocycles. The fourth-order valence-corrected chi connectivity index (χ4v) is 4.71. The summed E-state index contributed by atoms with van der Waals surface area (Å²) in [5.41, 5.74) is -5.29. The highest BCUT2D eigenvalue weighted by Gasteiger charge is 2.41. The maximum atomic E-state index is 14.7. The summed E-state index contributed by atoms with van der Waals surface area (Å²) in [5.74, 6) is -5.11. The molecule has 6 nitrogen and oxygen atoms in total. The van der Waals surface area contributed by atoms with Crippen LogP contribution in [0.1, 0.15) is 42.3 Å². The number of hydrogen-bond acceptors (Lipinski definition) is 5. The number of carbonyl (C=O) groups excluding carboxylic acids is 2. The molecule has 0 aliphatic carbocycles. The number of rotatable bonds is 5. The molecular formula is C23H12F7NO5S. The maximum Gasteiger partial charge on any atom is 0.416 e. The molecule has 2 heterocycles. The molecular weight excluding hydrogens is 535 g/mol. The molecule has 1 aromatic heterocycles. The van der Waals surface area contributed by atoms with E-state index in [-0.39, 0.29) is 16.0 Å². The van der Waals surface area contributed by atoms with Crippen LogP contribution in [0.5, 0.6) is 5.75 Å². The molecule has 2 amide bonds. The van der Waals surface area contributed by atoms with Gasteiger partial charge < -0.3 is 9.84 Å². The number of hydrogen-bond donors (Lipinski definition) is 1. The maximum absolute atomic E-state index is 14.7. The highest BCUT2D eigenvalue weighted by Crippen LogP contribution is 2.40. The normalized spacial score (nSPS) is 14.1. The van der Waals surface area contributed by atoms with Gasteiger partial charge in [-0.2, -0.15) is 26.3 Å². The number of carbonyl (C=O) groups is 3. The van der Waals surface area contributed by atoms with Crippen LogP contribution in [0, 0.1) is 5.82 Å². The number of halogens is 7. The zero-order chi connectivity index (χ0) is 27.3. The zero-order valence-electron chi connectivity index (χ0n) is 18.0. The van der Waals surface area contributed by atoms with Gasteiger partial charge in [0.1, 0.15) is 23.1 Å². The topological polar surface area (TPSA) is 83.9 Å². The fraction of sp³-hybridized carbons (Fsp3) is 0.174. The van der Waals surface area contributed by atoms with Crippen LogP contribution >= 0.6 is 11.3 Å². The Bertz CT molecular complexity index is 1400. The molecule has 4 rings (SSSR count). The van der Waals surface area contributed by atoms with Crippen molar-refractivity contribution in [2.24, 2.45) is 0 Å². The van der Waals surface area contributed by atoms with Crippen LogP contribution < -0.4 is 9.64 Å². The van der Waals surface area contributed by atoms with Crippen molar-refractivity contribution >= 4 is 34.8 Å². The molecule has 3 aromatic rings. The van der Waals surface area contributed by atoms with Gasteiger partial charge in [0.05, 0.1) is 28.8 Å². The molecule has 0 radical (unpaired) electrons. The number of ether oxygens (including phenoxy) is 1. The summed E-state index contributed by atoms with van der Waals surface area (Å²) in [6, 6.07) is 3.85. The van der Waals surface area contributed by atoms with E-state index < -0.39 is 77.1 Å². The standard InChI is InChI=1S/C23H12F7NO5S/c24-15-5-4-11(36-8-12-13(22(25,26)27)2-1-3-14(12)23(28,29)30)7-16(15)31-17(32)6-10-9-37-19(21(34)35)18(10)20(31)33/h1-5,7,9H,6,8H2,(H,34,35). The molecule has 0 spiro atoms. The molecule has 14 heteroatoms. The molecule has 1 N–H and O–H groups in total. The number of nitrogens with zero attached hydrogens (tertiary/aromatic N) is 1. The predicted octanol–water partition coefficient (Wildman–Crippen LogP) is 5.93. The Labute approximate surface area is 206 Å². The predicted molar refractivity (Wildman–Crippen MR) is 114 cm³/mol. The van der Waals surface area contributed by atoms with Crippen molar-refractivity contribution in [3.8, 4) is 5.75 Å². The van der Waals surface area contributed by atoms with E-state index in [2.05, 4.69) is 0 Å². The number of benzene rings is 2. The summed E-state index contributed by atoms with van der Waals surface area (Å²) in [4.78, 5) is 37.0. The highest BCUT2D eigenvalue weighted by atomic mass is 32.1. The average Bonchev–Trinajstić information content (AvgIpc) is 3.22. The molecule has 0 unspecified atom stereocenters. The second-order valence-corrected chi connectivity index (χ2v) is 8.59. The van der Waals surface area contributed by atoms with Gasteiger partial charge in [-0.15, -0.1) is 11.3 Å². The SMILES string of the molecule is O=C(O)c1scc2c1C(=O)N(c1cc(OCc3c(C(F)(F)F)cccc3C(F)(F)F)ccc1F)C(=O)C2. The zero-order valence-corrected chi connectivity index (χ0v) is 18.9. The monoisotopic (exact) mass is 547 g/mol. The summed E-state index contributed by atoms with van der Waals surface area (Å²) in [6.45, 7) is -1.23. The van der Waals surface area contributed by atoms with Gasteiger partial charge in [0, 0.05) is 11.6 Å². The summed E-state index contributed by atoms with van der Waals surface area (Å²) >= 11 is 0.695. The van der Waals surface area contributed by atoms with Gasteiger partial charge in [0.25, 0.3) is 5.91 Å². The molecule has 37 heavy (non-hydrogen) atoms. The largest absolute Gasteiger partial charge is 0.489 e. The fourth-order valence-electron chi connectivity index (χ4n) is 3.81. The third kappa shape index (κ3) is 4.88. The lowest BCUT2D eigenvalue weighted by Crippen LogP contribution is -2.43. The first-order valence-electron chi connectivity index (χ1n) is 10.1. The van der Waals surface area contributed by atoms with Gasteiger partial charge in [-0.1, -0.05) is 6.07 Å².